The summed E-state index contributed by atoms with van der Waals surface area (Å²) in [5.74, 6) is -0.938. The molecule has 0 saturated carbocycles. The van der Waals surface area contributed by atoms with Crippen molar-refractivity contribution in [2.24, 2.45) is 0 Å². The van der Waals surface area contributed by atoms with E-state index in [0.717, 1.165) is 5.56 Å². The van der Waals surface area contributed by atoms with Crippen molar-refractivity contribution in [1.82, 2.24) is 0 Å². The van der Waals surface area contributed by atoms with E-state index in [0.29, 0.717) is 17.7 Å². The lowest BCUT2D eigenvalue weighted by Crippen LogP contribution is -2.09. The molecule has 2 aromatic rings. The first kappa shape index (κ1) is 16.2. The fourth-order valence-electron chi connectivity index (χ4n) is 1.99. The van der Waals surface area contributed by atoms with Crippen LogP contribution in [0.2, 0.25) is 0 Å². The van der Waals surface area contributed by atoms with Gasteiger partial charge in [0, 0.05) is 6.92 Å². The van der Waals surface area contributed by atoms with Gasteiger partial charge in [-0.25, -0.2) is 4.79 Å². The van der Waals surface area contributed by atoms with Crippen molar-refractivity contribution in [2.45, 2.75) is 13.5 Å². The van der Waals surface area contributed by atoms with Crippen LogP contribution in [-0.2, 0) is 11.4 Å². The Bertz CT molecular complexity index is 737. The van der Waals surface area contributed by atoms with Crippen LogP contribution in [0.25, 0.3) is 0 Å². The van der Waals surface area contributed by atoms with Crippen LogP contribution in [0.1, 0.15) is 33.2 Å². The molecule has 0 saturated heterocycles. The third kappa shape index (κ3) is 4.16. The first-order valence-electron chi connectivity index (χ1n) is 6.82. The van der Waals surface area contributed by atoms with Gasteiger partial charge in [0.1, 0.15) is 12.4 Å². The summed E-state index contributed by atoms with van der Waals surface area (Å²) < 4.78 is 5.61. The van der Waals surface area contributed by atoms with Crippen molar-refractivity contribution in [3.05, 3.63) is 59.2 Å². The van der Waals surface area contributed by atoms with Gasteiger partial charge in [-0.15, -0.1) is 0 Å². The molecule has 23 heavy (non-hydrogen) atoms. The Morgan fingerprint density at radius 3 is 2.43 bits per heavy atom. The number of carbonyl (C=O) groups is 3. The molecule has 0 aliphatic heterocycles. The van der Waals surface area contributed by atoms with Crippen molar-refractivity contribution >= 4 is 23.9 Å². The standard InChI is InChI=1S/C17H15NO5/c1-11(20)18-15-3-2-4-16(14(15)9-19)23-10-12-5-7-13(8-6-12)17(21)22/h2-9H,10H2,1H3,(H,18,20)(H,21,22). The Hall–Kier alpha value is -3.15. The molecule has 0 aliphatic rings. The monoisotopic (exact) mass is 313 g/mol. The van der Waals surface area contributed by atoms with Crippen molar-refractivity contribution in [1.29, 1.82) is 0 Å². The second kappa shape index (κ2) is 7.22. The highest BCUT2D eigenvalue weighted by Crippen LogP contribution is 2.25. The zero-order valence-electron chi connectivity index (χ0n) is 12.4. The molecule has 0 radical (unpaired) electrons. The van der Waals surface area contributed by atoms with Gasteiger partial charge in [-0.2, -0.15) is 0 Å². The first-order valence-corrected chi connectivity index (χ1v) is 6.82. The zero-order valence-corrected chi connectivity index (χ0v) is 12.4. The largest absolute Gasteiger partial charge is 0.488 e. The summed E-state index contributed by atoms with van der Waals surface area (Å²) in [6.07, 6.45) is 0.619. The molecule has 0 unspecified atom stereocenters. The van der Waals surface area contributed by atoms with Crippen LogP contribution in [0.5, 0.6) is 5.75 Å². The Morgan fingerprint density at radius 2 is 1.87 bits per heavy atom. The van der Waals surface area contributed by atoms with E-state index in [-0.39, 0.29) is 23.6 Å². The summed E-state index contributed by atoms with van der Waals surface area (Å²) in [5.41, 5.74) is 1.59. The number of carboxylic acids is 1. The molecule has 6 nitrogen and oxygen atoms in total. The number of hydrogen-bond acceptors (Lipinski definition) is 4. The number of aldehydes is 1. The van der Waals surface area contributed by atoms with Crippen LogP contribution in [-0.4, -0.2) is 23.3 Å². The summed E-state index contributed by atoms with van der Waals surface area (Å²) in [7, 11) is 0. The van der Waals surface area contributed by atoms with E-state index in [2.05, 4.69) is 5.32 Å². The Morgan fingerprint density at radius 1 is 1.17 bits per heavy atom. The van der Waals surface area contributed by atoms with Gasteiger partial charge in [0.15, 0.2) is 6.29 Å². The fraction of sp³-hybridized carbons (Fsp3) is 0.118. The Kier molecular flexibility index (Phi) is 5.09. The number of amides is 1. The van der Waals surface area contributed by atoms with Crippen LogP contribution in [0, 0.1) is 0 Å². The molecule has 2 aromatic carbocycles. The van der Waals surface area contributed by atoms with Gasteiger partial charge in [-0.3, -0.25) is 9.59 Å². The summed E-state index contributed by atoms with van der Waals surface area (Å²) in [6, 6.07) is 11.1. The molecule has 0 bridgehead atoms. The number of ether oxygens (including phenoxy) is 1. The molecular formula is C17H15NO5. The Balaban J connectivity index is 2.15. The summed E-state index contributed by atoms with van der Waals surface area (Å²) in [6.45, 7) is 1.52. The maximum Gasteiger partial charge on any atom is 0.335 e. The quantitative estimate of drug-likeness (QED) is 0.800. The van der Waals surface area contributed by atoms with Gasteiger partial charge in [0.25, 0.3) is 0 Å². The number of nitrogens with one attached hydrogen (secondary N) is 1. The molecule has 1 amide bonds. The second-order valence-electron chi connectivity index (χ2n) is 4.81. The molecule has 0 fully saturated rings. The summed E-state index contributed by atoms with van der Waals surface area (Å²) >= 11 is 0. The van der Waals surface area contributed by atoms with Crippen LogP contribution in [0.15, 0.2) is 42.5 Å². The second-order valence-corrected chi connectivity index (χ2v) is 4.81. The lowest BCUT2D eigenvalue weighted by Gasteiger charge is -2.12. The molecule has 2 rings (SSSR count). The fourth-order valence-corrected chi connectivity index (χ4v) is 1.99. The number of aromatic carboxylic acids is 1. The van der Waals surface area contributed by atoms with Gasteiger partial charge in [0.2, 0.25) is 5.91 Å². The highest BCUT2D eigenvalue weighted by Gasteiger charge is 2.10. The molecule has 118 valence electrons. The summed E-state index contributed by atoms with van der Waals surface area (Å²) in [5, 5.41) is 11.4. The number of anilines is 1. The average Bonchev–Trinajstić information content (AvgIpc) is 2.52. The van der Waals surface area contributed by atoms with E-state index in [9.17, 15) is 14.4 Å². The number of benzene rings is 2. The zero-order chi connectivity index (χ0) is 16.8. The predicted octanol–water partition coefficient (Wildman–Crippen LogP) is 2.73. The molecule has 0 atom stereocenters. The van der Waals surface area contributed by atoms with Crippen molar-refractivity contribution < 1.29 is 24.2 Å². The van der Waals surface area contributed by atoms with Gasteiger partial charge >= 0.3 is 5.97 Å². The third-order valence-electron chi connectivity index (χ3n) is 3.09. The van der Waals surface area contributed by atoms with E-state index >= 15 is 0 Å². The van der Waals surface area contributed by atoms with Crippen LogP contribution in [0.3, 0.4) is 0 Å². The van der Waals surface area contributed by atoms with Crippen LogP contribution in [0.4, 0.5) is 5.69 Å². The minimum atomic E-state index is -0.997. The SMILES string of the molecule is CC(=O)Nc1cccc(OCc2ccc(C(=O)O)cc2)c1C=O. The van der Waals surface area contributed by atoms with Gasteiger partial charge in [-0.1, -0.05) is 18.2 Å². The average molecular weight is 313 g/mol. The molecule has 0 spiro atoms. The maximum atomic E-state index is 11.3. The third-order valence-corrected chi connectivity index (χ3v) is 3.09. The first-order chi connectivity index (χ1) is 11.0. The molecule has 6 heteroatoms. The summed E-state index contributed by atoms with van der Waals surface area (Å²) in [4.78, 5) is 33.2. The van der Waals surface area contributed by atoms with E-state index in [1.807, 2.05) is 0 Å². The highest BCUT2D eigenvalue weighted by molar-refractivity contribution is 5.97. The molecule has 0 aliphatic carbocycles. The van der Waals surface area contributed by atoms with Crippen LogP contribution < -0.4 is 10.1 Å². The minimum Gasteiger partial charge on any atom is -0.488 e. The van der Waals surface area contributed by atoms with Gasteiger partial charge in [0.05, 0.1) is 16.8 Å². The van der Waals surface area contributed by atoms with E-state index in [1.165, 1.54) is 19.1 Å². The highest BCUT2D eigenvalue weighted by atomic mass is 16.5. The van der Waals surface area contributed by atoms with Gasteiger partial charge < -0.3 is 15.2 Å². The van der Waals surface area contributed by atoms with Crippen molar-refractivity contribution in [3.8, 4) is 5.75 Å². The number of hydrogen-bond donors (Lipinski definition) is 2. The number of rotatable bonds is 6. The predicted molar refractivity (Wildman–Crippen MR) is 83.9 cm³/mol. The van der Waals surface area contributed by atoms with E-state index < -0.39 is 5.97 Å². The smallest absolute Gasteiger partial charge is 0.335 e. The molecule has 0 heterocycles. The maximum absolute atomic E-state index is 11.3. The van der Waals surface area contributed by atoms with E-state index in [4.69, 9.17) is 9.84 Å². The van der Waals surface area contributed by atoms with Crippen molar-refractivity contribution in [3.63, 3.8) is 0 Å². The lowest BCUT2D eigenvalue weighted by molar-refractivity contribution is -0.114. The van der Waals surface area contributed by atoms with E-state index in [1.54, 1.807) is 30.3 Å². The molecule has 2 N–H and O–H groups in total. The Labute approximate surface area is 132 Å². The van der Waals surface area contributed by atoms with Gasteiger partial charge in [-0.05, 0) is 29.8 Å². The number of carboxylic acid groups (broad SMARTS) is 1. The topological polar surface area (TPSA) is 92.7 Å². The molecular weight excluding hydrogens is 298 g/mol. The molecule has 0 aromatic heterocycles. The van der Waals surface area contributed by atoms with Crippen molar-refractivity contribution in [2.75, 3.05) is 5.32 Å². The minimum absolute atomic E-state index is 0.171. The normalized spacial score (nSPS) is 9.96. The number of carbonyl (C=O) groups excluding carboxylic acids is 2. The lowest BCUT2D eigenvalue weighted by atomic mass is 10.1. The van der Waals surface area contributed by atoms with Crippen LogP contribution >= 0.6 is 0 Å².